The fourth-order valence-corrected chi connectivity index (χ4v) is 2.29. The predicted molar refractivity (Wildman–Crippen MR) is 73.2 cm³/mol. The first-order valence-corrected chi connectivity index (χ1v) is 6.57. The quantitative estimate of drug-likeness (QED) is 0.662. The number of nitrogens with zero attached hydrogens (tertiary/aromatic N) is 4. The number of nitro benzene ring substituents is 1. The summed E-state index contributed by atoms with van der Waals surface area (Å²) in [6.45, 7) is 0.688. The second kappa shape index (κ2) is 4.92. The van der Waals surface area contributed by atoms with Gasteiger partial charge in [-0.3, -0.25) is 10.1 Å². The summed E-state index contributed by atoms with van der Waals surface area (Å²) in [5, 5.41) is 18.6. The van der Waals surface area contributed by atoms with Crippen LogP contribution in [0, 0.1) is 10.1 Å². The van der Waals surface area contributed by atoms with Gasteiger partial charge in [-0.1, -0.05) is 17.3 Å². The highest BCUT2D eigenvalue weighted by atomic mass is 16.6. The second-order valence-corrected chi connectivity index (χ2v) is 5.03. The molecule has 0 aliphatic heterocycles. The first-order valence-electron chi connectivity index (χ1n) is 6.57. The number of benzene rings is 1. The Kier molecular flexibility index (Phi) is 3.09. The Labute approximate surface area is 115 Å². The Balaban J connectivity index is 1.69. The van der Waals surface area contributed by atoms with E-state index >= 15 is 0 Å². The van der Waals surface area contributed by atoms with E-state index in [1.54, 1.807) is 12.1 Å². The molecular formula is C13H15N5O2. The van der Waals surface area contributed by atoms with Gasteiger partial charge in [0, 0.05) is 24.6 Å². The van der Waals surface area contributed by atoms with Crippen molar-refractivity contribution in [2.24, 2.45) is 0 Å². The fraction of sp³-hybridized carbons (Fsp3) is 0.385. The highest BCUT2D eigenvalue weighted by Gasteiger charge is 2.30. The Morgan fingerprint density at radius 2 is 2.05 bits per heavy atom. The smallest absolute Gasteiger partial charge is 0.269 e. The van der Waals surface area contributed by atoms with Gasteiger partial charge < -0.3 is 5.73 Å². The zero-order chi connectivity index (χ0) is 14.1. The minimum absolute atomic E-state index is 0.109. The lowest BCUT2D eigenvalue weighted by Crippen LogP contribution is -2.07. The summed E-state index contributed by atoms with van der Waals surface area (Å²) in [5.41, 5.74) is 8.01. The molecule has 1 heterocycles. The van der Waals surface area contributed by atoms with Gasteiger partial charge >= 0.3 is 0 Å². The maximum absolute atomic E-state index is 10.6. The van der Waals surface area contributed by atoms with Gasteiger partial charge in [0.05, 0.1) is 10.6 Å². The van der Waals surface area contributed by atoms with E-state index in [-0.39, 0.29) is 5.69 Å². The van der Waals surface area contributed by atoms with Crippen LogP contribution in [0.2, 0.25) is 0 Å². The summed E-state index contributed by atoms with van der Waals surface area (Å²) in [4.78, 5) is 10.2. The number of hydrogen-bond acceptors (Lipinski definition) is 5. The summed E-state index contributed by atoms with van der Waals surface area (Å²) in [6.07, 6.45) is 3.05. The van der Waals surface area contributed by atoms with E-state index in [0.29, 0.717) is 18.3 Å². The van der Waals surface area contributed by atoms with Crippen LogP contribution in [0.4, 0.5) is 11.5 Å². The number of aryl methyl sites for hydroxylation is 2. The van der Waals surface area contributed by atoms with Gasteiger partial charge in [-0.15, -0.1) is 5.10 Å². The standard InChI is InChI=1S/C13H15N5O2/c14-13-12(10-3-4-10)17(16-15-13)8-7-9-1-5-11(6-2-9)18(19)20/h1-2,5-6,10H,3-4,7-8,14H2. The third-order valence-corrected chi connectivity index (χ3v) is 3.52. The number of nitrogens with two attached hydrogens (primary N) is 1. The number of nitrogen functional groups attached to an aromatic ring is 1. The number of anilines is 1. The lowest BCUT2D eigenvalue weighted by Gasteiger charge is -2.06. The van der Waals surface area contributed by atoms with E-state index in [4.69, 9.17) is 5.73 Å². The predicted octanol–water partition coefficient (Wildman–Crippen LogP) is 1.89. The lowest BCUT2D eigenvalue weighted by atomic mass is 10.1. The molecular weight excluding hydrogens is 258 g/mol. The van der Waals surface area contributed by atoms with Crippen LogP contribution in [0.15, 0.2) is 24.3 Å². The topological polar surface area (TPSA) is 99.9 Å². The molecule has 3 rings (SSSR count). The molecule has 0 radical (unpaired) electrons. The van der Waals surface area contributed by atoms with Gasteiger partial charge in [-0.2, -0.15) is 0 Å². The van der Waals surface area contributed by atoms with E-state index in [1.807, 2.05) is 4.68 Å². The minimum atomic E-state index is -0.396. The van der Waals surface area contributed by atoms with Crippen molar-refractivity contribution in [3.8, 4) is 0 Å². The Bertz CT molecular complexity index is 631. The molecule has 0 unspecified atom stereocenters. The minimum Gasteiger partial charge on any atom is -0.381 e. The second-order valence-electron chi connectivity index (χ2n) is 5.03. The van der Waals surface area contributed by atoms with Crippen LogP contribution in [0.25, 0.3) is 0 Å². The van der Waals surface area contributed by atoms with E-state index in [0.717, 1.165) is 30.5 Å². The third kappa shape index (κ3) is 2.47. The zero-order valence-corrected chi connectivity index (χ0v) is 10.9. The van der Waals surface area contributed by atoms with Gasteiger partial charge in [0.15, 0.2) is 5.82 Å². The largest absolute Gasteiger partial charge is 0.381 e. The van der Waals surface area contributed by atoms with Gasteiger partial charge in [0.2, 0.25) is 0 Å². The lowest BCUT2D eigenvalue weighted by molar-refractivity contribution is -0.384. The van der Waals surface area contributed by atoms with Crippen LogP contribution in [-0.4, -0.2) is 19.9 Å². The van der Waals surface area contributed by atoms with Crippen molar-refractivity contribution in [1.29, 1.82) is 0 Å². The number of non-ortho nitro benzene ring substituents is 1. The van der Waals surface area contributed by atoms with Crippen LogP contribution < -0.4 is 5.73 Å². The molecule has 1 fully saturated rings. The van der Waals surface area contributed by atoms with E-state index < -0.39 is 4.92 Å². The molecule has 0 bridgehead atoms. The Morgan fingerprint density at radius 1 is 1.35 bits per heavy atom. The van der Waals surface area contributed by atoms with Gasteiger partial charge in [0.1, 0.15) is 0 Å². The normalized spacial score (nSPS) is 14.4. The summed E-state index contributed by atoms with van der Waals surface area (Å²) in [7, 11) is 0. The van der Waals surface area contributed by atoms with Crippen molar-refractivity contribution in [1.82, 2.24) is 15.0 Å². The molecule has 20 heavy (non-hydrogen) atoms. The van der Waals surface area contributed by atoms with Gasteiger partial charge in [0.25, 0.3) is 5.69 Å². The Morgan fingerprint density at radius 3 is 2.65 bits per heavy atom. The molecule has 1 aliphatic rings. The van der Waals surface area contributed by atoms with Crippen LogP contribution in [0.1, 0.15) is 30.0 Å². The highest BCUT2D eigenvalue weighted by molar-refractivity contribution is 5.38. The summed E-state index contributed by atoms with van der Waals surface area (Å²) in [5.74, 6) is 1.03. The van der Waals surface area contributed by atoms with Crippen molar-refractivity contribution >= 4 is 11.5 Å². The van der Waals surface area contributed by atoms with E-state index in [1.165, 1.54) is 12.1 Å². The molecule has 1 saturated carbocycles. The number of hydrogen-bond donors (Lipinski definition) is 1. The Hall–Kier alpha value is -2.44. The third-order valence-electron chi connectivity index (χ3n) is 3.52. The molecule has 0 saturated heterocycles. The van der Waals surface area contributed by atoms with Crippen molar-refractivity contribution in [3.05, 3.63) is 45.6 Å². The first-order chi connectivity index (χ1) is 9.65. The summed E-state index contributed by atoms with van der Waals surface area (Å²) in [6, 6.07) is 6.59. The molecule has 0 atom stereocenters. The molecule has 1 aromatic heterocycles. The van der Waals surface area contributed by atoms with Crippen LogP contribution >= 0.6 is 0 Å². The maximum Gasteiger partial charge on any atom is 0.269 e. The van der Waals surface area contributed by atoms with Crippen molar-refractivity contribution in [2.45, 2.75) is 31.7 Å². The zero-order valence-electron chi connectivity index (χ0n) is 10.9. The monoisotopic (exact) mass is 273 g/mol. The van der Waals surface area contributed by atoms with E-state index in [9.17, 15) is 10.1 Å². The van der Waals surface area contributed by atoms with Crippen LogP contribution in [-0.2, 0) is 13.0 Å². The van der Waals surface area contributed by atoms with Crippen LogP contribution in [0.3, 0.4) is 0 Å². The fourth-order valence-electron chi connectivity index (χ4n) is 2.29. The molecule has 0 spiro atoms. The van der Waals surface area contributed by atoms with Gasteiger partial charge in [-0.05, 0) is 24.8 Å². The first kappa shape index (κ1) is 12.6. The number of nitro groups is 1. The average molecular weight is 273 g/mol. The molecule has 104 valence electrons. The molecule has 2 N–H and O–H groups in total. The summed E-state index contributed by atoms with van der Waals surface area (Å²) >= 11 is 0. The molecule has 0 amide bonds. The van der Waals surface area contributed by atoms with Crippen molar-refractivity contribution in [3.63, 3.8) is 0 Å². The van der Waals surface area contributed by atoms with Crippen LogP contribution in [0.5, 0.6) is 0 Å². The molecule has 1 aliphatic carbocycles. The average Bonchev–Trinajstić information content (AvgIpc) is 3.21. The van der Waals surface area contributed by atoms with Gasteiger partial charge in [-0.25, -0.2) is 4.68 Å². The highest BCUT2D eigenvalue weighted by Crippen LogP contribution is 2.41. The molecule has 1 aromatic carbocycles. The van der Waals surface area contributed by atoms with E-state index in [2.05, 4.69) is 10.3 Å². The molecule has 7 nitrogen and oxygen atoms in total. The molecule has 2 aromatic rings. The summed E-state index contributed by atoms with van der Waals surface area (Å²) < 4.78 is 1.86. The molecule has 7 heteroatoms. The maximum atomic E-state index is 10.6. The van der Waals surface area contributed by atoms with Crippen molar-refractivity contribution < 1.29 is 4.92 Å². The van der Waals surface area contributed by atoms with Crippen molar-refractivity contribution in [2.75, 3.05) is 5.73 Å². The number of rotatable bonds is 5. The number of aromatic nitrogens is 3. The SMILES string of the molecule is Nc1nnn(CCc2ccc([N+](=O)[O-])cc2)c1C1CC1.